The third-order valence-electron chi connectivity index (χ3n) is 1.54. The number of nitrogens with one attached hydrogen (secondary N) is 1. The van der Waals surface area contributed by atoms with Gasteiger partial charge in [-0.25, -0.2) is 18.5 Å². The Morgan fingerprint density at radius 3 is 2.29 bits per heavy atom. The molecule has 0 spiro atoms. The van der Waals surface area contributed by atoms with Crippen molar-refractivity contribution in [2.45, 2.75) is 11.2 Å². The molecule has 1 amide bonds. The zero-order valence-electron chi connectivity index (χ0n) is 8.02. The average molecular weight is 269 g/mol. The summed E-state index contributed by atoms with van der Waals surface area (Å²) in [6.45, 7) is 0. The van der Waals surface area contributed by atoms with Crippen molar-refractivity contribution in [1.82, 2.24) is 4.98 Å². The monoisotopic (exact) mass is 269 g/mol. The molecular weight excluding hydrogens is 263 g/mol. The molecule has 0 aliphatic rings. The number of primary sulfonamides is 1. The highest BCUT2D eigenvalue weighted by atomic mass is 32.2. The van der Waals surface area contributed by atoms with Gasteiger partial charge in [0.05, 0.1) is 11.9 Å². The van der Waals surface area contributed by atoms with E-state index in [4.69, 9.17) is 5.14 Å². The number of hydrogen-bond acceptors (Lipinski definition) is 4. The number of nitrogens with two attached hydrogens (primary N) is 1. The van der Waals surface area contributed by atoms with Gasteiger partial charge in [0.25, 0.3) is 10.0 Å². The van der Waals surface area contributed by atoms with E-state index in [9.17, 15) is 26.4 Å². The van der Waals surface area contributed by atoms with Gasteiger partial charge < -0.3 is 5.32 Å². The summed E-state index contributed by atoms with van der Waals surface area (Å²) in [5, 5.41) is 5.71. The number of alkyl halides is 3. The highest BCUT2D eigenvalue weighted by Crippen LogP contribution is 2.18. The number of carbonyl (C=O) groups excluding carboxylic acids is 1. The first-order chi connectivity index (χ1) is 7.60. The maximum Gasteiger partial charge on any atom is 0.471 e. The first-order valence-corrected chi connectivity index (χ1v) is 5.52. The van der Waals surface area contributed by atoms with E-state index in [0.717, 1.165) is 18.3 Å². The number of halogens is 3. The zero-order valence-corrected chi connectivity index (χ0v) is 8.84. The molecule has 0 fully saturated rings. The van der Waals surface area contributed by atoms with E-state index in [0.29, 0.717) is 0 Å². The molecule has 10 heteroatoms. The second-order valence-corrected chi connectivity index (χ2v) is 4.39. The van der Waals surface area contributed by atoms with Gasteiger partial charge in [-0.05, 0) is 12.1 Å². The molecule has 3 N–H and O–H groups in total. The van der Waals surface area contributed by atoms with E-state index < -0.39 is 27.1 Å². The topological polar surface area (TPSA) is 102 Å². The highest BCUT2D eigenvalue weighted by Gasteiger charge is 2.38. The van der Waals surface area contributed by atoms with Crippen LogP contribution in [0.2, 0.25) is 0 Å². The Hall–Kier alpha value is -1.68. The zero-order chi connectivity index (χ0) is 13.3. The molecular formula is C7H6F3N3O3S. The number of hydrogen-bond donors (Lipinski definition) is 2. The highest BCUT2D eigenvalue weighted by molar-refractivity contribution is 7.89. The van der Waals surface area contributed by atoms with Crippen molar-refractivity contribution in [2.75, 3.05) is 5.32 Å². The van der Waals surface area contributed by atoms with E-state index in [-0.39, 0.29) is 5.69 Å². The predicted octanol–water partition coefficient (Wildman–Crippen LogP) is 0.230. The Bertz CT molecular complexity index is 524. The third-order valence-corrected chi connectivity index (χ3v) is 2.37. The maximum absolute atomic E-state index is 11.9. The molecule has 0 aromatic carbocycles. The lowest BCUT2D eigenvalue weighted by Crippen LogP contribution is -2.30. The van der Waals surface area contributed by atoms with Crippen molar-refractivity contribution < 1.29 is 26.4 Å². The Kier molecular flexibility index (Phi) is 3.38. The van der Waals surface area contributed by atoms with Crippen LogP contribution in [0.1, 0.15) is 0 Å². The molecule has 0 bridgehead atoms. The van der Waals surface area contributed by atoms with Crippen LogP contribution in [0.25, 0.3) is 0 Å². The van der Waals surface area contributed by atoms with Crippen LogP contribution < -0.4 is 10.5 Å². The van der Waals surface area contributed by atoms with Crippen LogP contribution in [0.15, 0.2) is 23.4 Å². The maximum atomic E-state index is 11.9. The number of pyridine rings is 1. The molecule has 6 nitrogen and oxygen atoms in total. The Balaban J connectivity index is 2.87. The van der Waals surface area contributed by atoms with E-state index in [2.05, 4.69) is 4.98 Å². The molecule has 0 atom stereocenters. The standard InChI is InChI=1S/C7H6F3N3O3S/c8-7(9,10)6(14)13-4-1-2-5(12-3-4)17(11,15)16/h1-3H,(H,13,14)(H2,11,15,16). The van der Waals surface area contributed by atoms with Gasteiger partial charge in [-0.1, -0.05) is 0 Å². The van der Waals surface area contributed by atoms with E-state index in [1.54, 1.807) is 0 Å². The van der Waals surface area contributed by atoms with Crippen molar-refractivity contribution in [3.63, 3.8) is 0 Å². The minimum Gasteiger partial charge on any atom is -0.317 e. The minimum absolute atomic E-state index is 0.292. The van der Waals surface area contributed by atoms with Crippen molar-refractivity contribution >= 4 is 21.6 Å². The Morgan fingerprint density at radius 1 is 1.35 bits per heavy atom. The van der Waals surface area contributed by atoms with E-state index in [1.165, 1.54) is 5.32 Å². The fourth-order valence-electron chi connectivity index (χ4n) is 0.825. The SMILES string of the molecule is NS(=O)(=O)c1ccc(NC(=O)C(F)(F)F)cn1. The molecule has 1 heterocycles. The van der Waals surface area contributed by atoms with Crippen molar-refractivity contribution in [2.24, 2.45) is 5.14 Å². The van der Waals surface area contributed by atoms with Crippen LogP contribution in [-0.4, -0.2) is 25.5 Å². The van der Waals surface area contributed by atoms with Crippen LogP contribution in [-0.2, 0) is 14.8 Å². The Morgan fingerprint density at radius 2 is 1.94 bits per heavy atom. The molecule has 17 heavy (non-hydrogen) atoms. The fourth-order valence-corrected chi connectivity index (χ4v) is 1.28. The number of sulfonamides is 1. The van der Waals surface area contributed by atoms with Crippen LogP contribution in [0.5, 0.6) is 0 Å². The minimum atomic E-state index is -5.03. The normalized spacial score (nSPS) is 12.2. The van der Waals surface area contributed by atoms with Crippen LogP contribution in [0.4, 0.5) is 18.9 Å². The number of aromatic nitrogens is 1. The summed E-state index contributed by atoms with van der Waals surface area (Å²) in [7, 11) is -4.02. The van der Waals surface area contributed by atoms with Gasteiger partial charge in [-0.3, -0.25) is 4.79 Å². The summed E-state index contributed by atoms with van der Waals surface area (Å²) in [5.74, 6) is -2.18. The molecule has 0 saturated heterocycles. The first kappa shape index (κ1) is 13.4. The molecule has 1 aromatic rings. The number of amides is 1. The smallest absolute Gasteiger partial charge is 0.317 e. The summed E-state index contributed by atoms with van der Waals surface area (Å²) in [5.41, 5.74) is -0.292. The largest absolute Gasteiger partial charge is 0.471 e. The summed E-state index contributed by atoms with van der Waals surface area (Å²) < 4.78 is 57.1. The molecule has 1 rings (SSSR count). The number of anilines is 1. The second kappa shape index (κ2) is 4.30. The second-order valence-electron chi connectivity index (χ2n) is 2.88. The summed E-state index contributed by atoms with van der Waals surface area (Å²) >= 11 is 0. The summed E-state index contributed by atoms with van der Waals surface area (Å²) in [6.07, 6.45) is -4.28. The van der Waals surface area contributed by atoms with Crippen molar-refractivity contribution in [1.29, 1.82) is 0 Å². The predicted molar refractivity (Wildman–Crippen MR) is 50.3 cm³/mol. The summed E-state index contributed by atoms with van der Waals surface area (Å²) in [6, 6.07) is 1.82. The Labute approximate surface area is 93.7 Å². The molecule has 0 unspecified atom stereocenters. The fraction of sp³-hybridized carbons (Fsp3) is 0.143. The molecule has 0 radical (unpaired) electrons. The molecule has 0 aliphatic heterocycles. The van der Waals surface area contributed by atoms with Gasteiger partial charge in [0.1, 0.15) is 0 Å². The van der Waals surface area contributed by atoms with Gasteiger partial charge in [-0.15, -0.1) is 0 Å². The van der Waals surface area contributed by atoms with Crippen molar-refractivity contribution in [3.8, 4) is 0 Å². The van der Waals surface area contributed by atoms with Crippen LogP contribution in [0, 0.1) is 0 Å². The lowest BCUT2D eigenvalue weighted by molar-refractivity contribution is -0.167. The number of nitrogens with zero attached hydrogens (tertiary/aromatic N) is 1. The third kappa shape index (κ3) is 3.67. The van der Waals surface area contributed by atoms with Crippen LogP contribution >= 0.6 is 0 Å². The summed E-state index contributed by atoms with van der Waals surface area (Å²) in [4.78, 5) is 13.8. The molecule has 1 aromatic heterocycles. The van der Waals surface area contributed by atoms with E-state index in [1.807, 2.05) is 0 Å². The van der Waals surface area contributed by atoms with Gasteiger partial charge in [0.15, 0.2) is 5.03 Å². The molecule has 0 saturated carbocycles. The molecule has 94 valence electrons. The number of rotatable bonds is 2. The van der Waals surface area contributed by atoms with Gasteiger partial charge >= 0.3 is 12.1 Å². The first-order valence-electron chi connectivity index (χ1n) is 3.98. The van der Waals surface area contributed by atoms with Crippen molar-refractivity contribution in [3.05, 3.63) is 18.3 Å². The van der Waals surface area contributed by atoms with Gasteiger partial charge in [0.2, 0.25) is 0 Å². The number of carbonyl (C=O) groups is 1. The van der Waals surface area contributed by atoms with Crippen LogP contribution in [0.3, 0.4) is 0 Å². The quantitative estimate of drug-likeness (QED) is 0.802. The molecule has 0 aliphatic carbocycles. The lowest BCUT2D eigenvalue weighted by Gasteiger charge is -2.07. The lowest BCUT2D eigenvalue weighted by atomic mass is 10.4. The van der Waals surface area contributed by atoms with E-state index >= 15 is 0 Å². The van der Waals surface area contributed by atoms with Gasteiger partial charge in [-0.2, -0.15) is 13.2 Å². The average Bonchev–Trinajstić information content (AvgIpc) is 2.15. The van der Waals surface area contributed by atoms with Gasteiger partial charge in [0, 0.05) is 0 Å².